The third-order valence-electron chi connectivity index (χ3n) is 7.18. The molecule has 7 nitrogen and oxygen atoms in total. The highest BCUT2D eigenvalue weighted by atomic mass is 16.5. The van der Waals surface area contributed by atoms with Gasteiger partial charge in [0.25, 0.3) is 0 Å². The molecule has 2 aromatic heterocycles. The number of nitrogens with one attached hydrogen (secondary N) is 1. The van der Waals surface area contributed by atoms with Crippen LogP contribution in [0.5, 0.6) is 11.5 Å². The van der Waals surface area contributed by atoms with E-state index < -0.39 is 6.35 Å². The summed E-state index contributed by atoms with van der Waals surface area (Å²) < 4.78 is 11.1. The number of aliphatic hydroxyl groups is 1. The number of fused-ring (bicyclic) bond motifs is 3. The Morgan fingerprint density at radius 2 is 1.88 bits per heavy atom. The SMILES string of the molecule is COc1ccc(OCCCCN2c3cnc4[nH]ccc4c3N([C@H]3CCCC[C@H]3C)C2O)cc1. The molecule has 2 aliphatic rings. The second-order valence-corrected chi connectivity index (χ2v) is 9.24. The monoisotopic (exact) mass is 450 g/mol. The van der Waals surface area contributed by atoms with Gasteiger partial charge in [-0.05, 0) is 61.9 Å². The third-order valence-corrected chi connectivity index (χ3v) is 7.18. The molecule has 1 aliphatic carbocycles. The lowest BCUT2D eigenvalue weighted by molar-refractivity contribution is 0.141. The summed E-state index contributed by atoms with van der Waals surface area (Å²) in [5.41, 5.74) is 3.04. The smallest absolute Gasteiger partial charge is 0.208 e. The van der Waals surface area contributed by atoms with E-state index in [1.807, 2.05) is 36.7 Å². The zero-order valence-corrected chi connectivity index (χ0v) is 19.5. The number of hydrogen-bond donors (Lipinski definition) is 2. The molecule has 3 atom stereocenters. The molecule has 1 aromatic carbocycles. The van der Waals surface area contributed by atoms with Crippen LogP contribution in [-0.4, -0.2) is 47.7 Å². The highest BCUT2D eigenvalue weighted by Crippen LogP contribution is 2.47. The van der Waals surface area contributed by atoms with Gasteiger partial charge in [-0.2, -0.15) is 0 Å². The van der Waals surface area contributed by atoms with Crippen molar-refractivity contribution in [2.45, 2.75) is 57.8 Å². The Labute approximate surface area is 195 Å². The van der Waals surface area contributed by atoms with E-state index in [2.05, 4.69) is 32.8 Å². The summed E-state index contributed by atoms with van der Waals surface area (Å²) in [4.78, 5) is 12.2. The molecule has 7 heteroatoms. The zero-order valence-electron chi connectivity index (χ0n) is 19.5. The molecule has 1 fully saturated rings. The summed E-state index contributed by atoms with van der Waals surface area (Å²) in [7, 11) is 1.66. The standard InChI is InChI=1S/C26H34N4O3/c1-18-7-3-4-8-22(18)30-24-21-13-14-27-25(21)28-17-23(24)29(26(30)31)15-5-6-16-33-20-11-9-19(32-2)10-12-20/h9-14,17-18,22,26,31H,3-8,15-16H2,1-2H3,(H,27,28)/t18-,22+,26?/m1/s1. The molecule has 2 N–H and O–H groups in total. The van der Waals surface area contributed by atoms with Crippen molar-refractivity contribution in [2.75, 3.05) is 30.1 Å². The molecular weight excluding hydrogens is 416 g/mol. The highest BCUT2D eigenvalue weighted by Gasteiger charge is 2.42. The summed E-state index contributed by atoms with van der Waals surface area (Å²) in [5.74, 6) is 2.23. The summed E-state index contributed by atoms with van der Waals surface area (Å²) in [6, 6.07) is 10.1. The molecule has 1 unspecified atom stereocenters. The molecule has 33 heavy (non-hydrogen) atoms. The van der Waals surface area contributed by atoms with Crippen LogP contribution in [0.25, 0.3) is 11.0 Å². The fourth-order valence-corrected chi connectivity index (χ4v) is 5.38. The lowest BCUT2D eigenvalue weighted by Gasteiger charge is -2.40. The molecule has 0 spiro atoms. The molecule has 176 valence electrons. The summed E-state index contributed by atoms with van der Waals surface area (Å²) in [5, 5.41) is 12.6. The maximum atomic E-state index is 11.5. The molecule has 1 aliphatic heterocycles. The van der Waals surface area contributed by atoms with Crippen molar-refractivity contribution in [1.82, 2.24) is 9.97 Å². The number of aromatic amines is 1. The summed E-state index contributed by atoms with van der Waals surface area (Å²) >= 11 is 0. The quantitative estimate of drug-likeness (QED) is 0.475. The Bertz CT molecular complexity index is 1070. The Kier molecular flexibility index (Phi) is 6.31. The van der Waals surface area contributed by atoms with Crippen LogP contribution in [0, 0.1) is 5.92 Å². The zero-order chi connectivity index (χ0) is 22.8. The molecule has 0 radical (unpaired) electrons. The van der Waals surface area contributed by atoms with Crippen molar-refractivity contribution in [1.29, 1.82) is 0 Å². The number of unbranched alkanes of at least 4 members (excludes halogenated alkanes) is 1. The van der Waals surface area contributed by atoms with E-state index in [0.29, 0.717) is 18.6 Å². The predicted molar refractivity (Wildman–Crippen MR) is 131 cm³/mol. The van der Waals surface area contributed by atoms with E-state index in [1.165, 1.54) is 19.3 Å². The van der Waals surface area contributed by atoms with Crippen molar-refractivity contribution in [3.8, 4) is 11.5 Å². The van der Waals surface area contributed by atoms with Crippen LogP contribution in [0.15, 0.2) is 42.7 Å². The van der Waals surface area contributed by atoms with Crippen molar-refractivity contribution < 1.29 is 14.6 Å². The van der Waals surface area contributed by atoms with E-state index in [-0.39, 0.29) is 0 Å². The lowest BCUT2D eigenvalue weighted by Crippen LogP contribution is -2.51. The summed E-state index contributed by atoms with van der Waals surface area (Å²) in [6.45, 7) is 3.72. The van der Waals surface area contributed by atoms with Gasteiger partial charge in [0.05, 0.1) is 31.3 Å². The van der Waals surface area contributed by atoms with Gasteiger partial charge < -0.3 is 29.4 Å². The first-order chi connectivity index (χ1) is 16.2. The molecule has 3 aromatic rings. The Morgan fingerprint density at radius 1 is 1.09 bits per heavy atom. The number of pyridine rings is 1. The van der Waals surface area contributed by atoms with Gasteiger partial charge in [0.15, 0.2) is 0 Å². The van der Waals surface area contributed by atoms with Crippen LogP contribution in [-0.2, 0) is 0 Å². The second kappa shape index (κ2) is 9.51. The minimum Gasteiger partial charge on any atom is -0.497 e. The number of benzene rings is 1. The van der Waals surface area contributed by atoms with Crippen LogP contribution in [0.1, 0.15) is 45.4 Å². The van der Waals surface area contributed by atoms with Gasteiger partial charge in [-0.15, -0.1) is 0 Å². The van der Waals surface area contributed by atoms with Gasteiger partial charge in [0.1, 0.15) is 17.1 Å². The average molecular weight is 451 g/mol. The fraction of sp³-hybridized carbons (Fsp3) is 0.500. The van der Waals surface area contributed by atoms with E-state index >= 15 is 0 Å². The third kappa shape index (κ3) is 4.22. The topological polar surface area (TPSA) is 73.9 Å². The Morgan fingerprint density at radius 3 is 2.67 bits per heavy atom. The van der Waals surface area contributed by atoms with Crippen LogP contribution >= 0.6 is 0 Å². The van der Waals surface area contributed by atoms with E-state index in [4.69, 9.17) is 9.47 Å². The van der Waals surface area contributed by atoms with Gasteiger partial charge >= 0.3 is 0 Å². The van der Waals surface area contributed by atoms with E-state index in [9.17, 15) is 5.11 Å². The van der Waals surface area contributed by atoms with E-state index in [0.717, 1.165) is 59.7 Å². The number of hydrogen-bond acceptors (Lipinski definition) is 6. The number of anilines is 2. The number of H-pyrrole nitrogens is 1. The molecular formula is C26H34N4O3. The van der Waals surface area contributed by atoms with Crippen LogP contribution in [0.3, 0.4) is 0 Å². The molecule has 0 bridgehead atoms. The first-order valence-electron chi connectivity index (χ1n) is 12.1. The van der Waals surface area contributed by atoms with Crippen molar-refractivity contribution in [2.24, 2.45) is 5.92 Å². The average Bonchev–Trinajstić information content (AvgIpc) is 3.42. The van der Waals surface area contributed by atoms with Gasteiger partial charge in [-0.1, -0.05) is 19.8 Å². The Hall–Kier alpha value is -2.93. The minimum atomic E-state index is -0.657. The van der Waals surface area contributed by atoms with Gasteiger partial charge in [-0.25, -0.2) is 4.98 Å². The maximum Gasteiger partial charge on any atom is 0.208 e. The number of ether oxygens (including phenoxy) is 2. The number of nitrogens with zero attached hydrogens (tertiary/aromatic N) is 3. The second-order valence-electron chi connectivity index (χ2n) is 9.24. The molecule has 0 saturated heterocycles. The maximum absolute atomic E-state index is 11.5. The van der Waals surface area contributed by atoms with Crippen LogP contribution in [0.2, 0.25) is 0 Å². The predicted octanol–water partition coefficient (Wildman–Crippen LogP) is 4.91. The molecule has 1 saturated carbocycles. The first-order valence-corrected chi connectivity index (χ1v) is 12.1. The van der Waals surface area contributed by atoms with Crippen molar-refractivity contribution in [3.05, 3.63) is 42.7 Å². The number of aliphatic hydroxyl groups excluding tert-OH is 1. The van der Waals surface area contributed by atoms with Gasteiger partial charge in [0.2, 0.25) is 6.35 Å². The van der Waals surface area contributed by atoms with Crippen molar-refractivity contribution in [3.63, 3.8) is 0 Å². The number of rotatable bonds is 8. The number of aromatic nitrogens is 2. The van der Waals surface area contributed by atoms with Crippen LogP contribution < -0.4 is 19.3 Å². The normalized spacial score (nSPS) is 22.6. The van der Waals surface area contributed by atoms with E-state index in [1.54, 1.807) is 7.11 Å². The molecule has 0 amide bonds. The largest absolute Gasteiger partial charge is 0.497 e. The molecule has 5 rings (SSSR count). The molecule has 3 heterocycles. The van der Waals surface area contributed by atoms with Crippen molar-refractivity contribution >= 4 is 22.4 Å². The first kappa shape index (κ1) is 21.9. The Balaban J connectivity index is 1.28. The summed E-state index contributed by atoms with van der Waals surface area (Å²) in [6.07, 6.45) is 9.86. The fourth-order valence-electron chi connectivity index (χ4n) is 5.38. The van der Waals surface area contributed by atoms with Crippen LogP contribution in [0.4, 0.5) is 11.4 Å². The highest BCUT2D eigenvalue weighted by molar-refractivity contribution is 5.99. The number of methoxy groups -OCH3 is 1. The lowest BCUT2D eigenvalue weighted by atomic mass is 9.84. The van der Waals surface area contributed by atoms with Gasteiger partial charge in [0, 0.05) is 24.2 Å². The minimum absolute atomic E-state index is 0.344. The van der Waals surface area contributed by atoms with Gasteiger partial charge in [-0.3, -0.25) is 0 Å².